The Balaban J connectivity index is 1.89. The van der Waals surface area contributed by atoms with Crippen molar-refractivity contribution < 1.29 is 14.4 Å². The number of hydrogen-bond acceptors (Lipinski definition) is 3. The minimum atomic E-state index is -0.599. The van der Waals surface area contributed by atoms with Crippen LogP contribution in [-0.2, 0) is 20.8 Å². The van der Waals surface area contributed by atoms with E-state index in [0.29, 0.717) is 26.2 Å². The molecule has 1 heterocycles. The van der Waals surface area contributed by atoms with Gasteiger partial charge in [0.1, 0.15) is 0 Å². The van der Waals surface area contributed by atoms with Crippen LogP contribution in [-0.4, -0.2) is 53.7 Å². The fourth-order valence-electron chi connectivity index (χ4n) is 2.75. The molecule has 2 rings (SSSR count). The lowest BCUT2D eigenvalue weighted by Gasteiger charge is -2.33. The number of piperazine rings is 1. The van der Waals surface area contributed by atoms with Crippen LogP contribution in [0.3, 0.4) is 0 Å². The van der Waals surface area contributed by atoms with Gasteiger partial charge in [-0.25, -0.2) is 0 Å². The third-order valence-corrected chi connectivity index (χ3v) is 4.44. The molecule has 24 heavy (non-hydrogen) atoms. The molecule has 3 amide bonds. The van der Waals surface area contributed by atoms with Gasteiger partial charge < -0.3 is 15.1 Å². The molecule has 0 spiro atoms. The van der Waals surface area contributed by atoms with Crippen molar-refractivity contribution in [3.05, 3.63) is 35.4 Å². The standard InChI is InChI=1S/C18H25N3O3/c1-4-15-5-7-16(8-6-15)13(2)19-17(23)18(24)21-11-9-20(10-12-21)14(3)22/h5-8,13H,4,9-12H2,1-3H3,(H,19,23). The fourth-order valence-corrected chi connectivity index (χ4v) is 2.75. The summed E-state index contributed by atoms with van der Waals surface area (Å²) in [6.07, 6.45) is 0.964. The van der Waals surface area contributed by atoms with Crippen molar-refractivity contribution in [1.29, 1.82) is 0 Å². The first-order valence-corrected chi connectivity index (χ1v) is 8.36. The molecule has 1 aliphatic heterocycles. The van der Waals surface area contributed by atoms with Crippen LogP contribution in [0, 0.1) is 0 Å². The zero-order valence-corrected chi connectivity index (χ0v) is 14.5. The molecule has 0 saturated carbocycles. The molecule has 0 aliphatic carbocycles. The van der Waals surface area contributed by atoms with Crippen molar-refractivity contribution in [1.82, 2.24) is 15.1 Å². The van der Waals surface area contributed by atoms with Crippen molar-refractivity contribution in [2.75, 3.05) is 26.2 Å². The first-order valence-electron chi connectivity index (χ1n) is 8.36. The molecule has 1 atom stereocenters. The summed E-state index contributed by atoms with van der Waals surface area (Å²) >= 11 is 0. The summed E-state index contributed by atoms with van der Waals surface area (Å²) in [5, 5.41) is 2.75. The largest absolute Gasteiger partial charge is 0.341 e. The number of hydrogen-bond donors (Lipinski definition) is 1. The maximum atomic E-state index is 12.3. The van der Waals surface area contributed by atoms with E-state index in [1.165, 1.54) is 17.4 Å². The first-order chi connectivity index (χ1) is 11.4. The van der Waals surface area contributed by atoms with Gasteiger partial charge in [-0.3, -0.25) is 14.4 Å². The third-order valence-electron chi connectivity index (χ3n) is 4.44. The Labute approximate surface area is 142 Å². The number of nitrogens with one attached hydrogen (secondary N) is 1. The Morgan fingerprint density at radius 2 is 1.58 bits per heavy atom. The summed E-state index contributed by atoms with van der Waals surface area (Å²) in [4.78, 5) is 38.9. The average Bonchev–Trinajstić information content (AvgIpc) is 2.61. The second-order valence-electron chi connectivity index (χ2n) is 6.09. The van der Waals surface area contributed by atoms with Crippen molar-refractivity contribution in [3.8, 4) is 0 Å². The highest BCUT2D eigenvalue weighted by molar-refractivity contribution is 6.35. The molecule has 6 heteroatoms. The van der Waals surface area contributed by atoms with E-state index in [-0.39, 0.29) is 11.9 Å². The summed E-state index contributed by atoms with van der Waals surface area (Å²) in [5.74, 6) is -1.13. The van der Waals surface area contributed by atoms with Gasteiger partial charge >= 0.3 is 11.8 Å². The quantitative estimate of drug-likeness (QED) is 0.844. The highest BCUT2D eigenvalue weighted by Gasteiger charge is 2.27. The molecule has 6 nitrogen and oxygen atoms in total. The third kappa shape index (κ3) is 4.34. The van der Waals surface area contributed by atoms with Gasteiger partial charge in [0, 0.05) is 33.1 Å². The molecule has 1 saturated heterocycles. The highest BCUT2D eigenvalue weighted by atomic mass is 16.2. The van der Waals surface area contributed by atoms with Crippen molar-refractivity contribution in [3.63, 3.8) is 0 Å². The number of carbonyl (C=O) groups excluding carboxylic acids is 3. The van der Waals surface area contributed by atoms with Crippen LogP contribution < -0.4 is 5.32 Å². The molecule has 0 bridgehead atoms. The van der Waals surface area contributed by atoms with Crippen LogP contribution >= 0.6 is 0 Å². The van der Waals surface area contributed by atoms with Crippen molar-refractivity contribution >= 4 is 17.7 Å². The maximum Gasteiger partial charge on any atom is 0.312 e. The summed E-state index contributed by atoms with van der Waals surface area (Å²) < 4.78 is 0. The van der Waals surface area contributed by atoms with Crippen molar-refractivity contribution in [2.45, 2.75) is 33.2 Å². The van der Waals surface area contributed by atoms with Gasteiger partial charge in [0.05, 0.1) is 6.04 Å². The number of nitrogens with zero attached hydrogens (tertiary/aromatic N) is 2. The van der Waals surface area contributed by atoms with E-state index in [2.05, 4.69) is 12.2 Å². The van der Waals surface area contributed by atoms with E-state index in [9.17, 15) is 14.4 Å². The van der Waals surface area contributed by atoms with E-state index in [0.717, 1.165) is 12.0 Å². The molecular weight excluding hydrogens is 306 g/mol. The van der Waals surface area contributed by atoms with Crippen LogP contribution in [0.15, 0.2) is 24.3 Å². The highest BCUT2D eigenvalue weighted by Crippen LogP contribution is 2.14. The smallest absolute Gasteiger partial charge is 0.312 e. The molecule has 1 aliphatic rings. The Morgan fingerprint density at radius 1 is 1.04 bits per heavy atom. The SMILES string of the molecule is CCc1ccc(C(C)NC(=O)C(=O)N2CCN(C(C)=O)CC2)cc1. The molecule has 130 valence electrons. The lowest BCUT2D eigenvalue weighted by molar-refractivity contribution is -0.148. The predicted octanol–water partition coefficient (Wildman–Crippen LogP) is 1.12. The number of carbonyl (C=O) groups is 3. The summed E-state index contributed by atoms with van der Waals surface area (Å²) in [6.45, 7) is 7.20. The lowest BCUT2D eigenvalue weighted by atomic mass is 10.0. The summed E-state index contributed by atoms with van der Waals surface area (Å²) in [7, 11) is 0. The number of benzene rings is 1. The van der Waals surface area contributed by atoms with E-state index >= 15 is 0 Å². The molecule has 1 N–H and O–H groups in total. The number of amides is 3. The molecule has 1 fully saturated rings. The second kappa shape index (κ2) is 7.95. The summed E-state index contributed by atoms with van der Waals surface area (Å²) in [5.41, 5.74) is 2.20. The van der Waals surface area contributed by atoms with Crippen LogP contribution in [0.25, 0.3) is 0 Å². The van der Waals surface area contributed by atoms with E-state index in [4.69, 9.17) is 0 Å². The second-order valence-corrected chi connectivity index (χ2v) is 6.09. The Hall–Kier alpha value is -2.37. The normalized spacial score (nSPS) is 15.8. The van der Waals surface area contributed by atoms with Gasteiger partial charge in [-0.2, -0.15) is 0 Å². The van der Waals surface area contributed by atoms with Gasteiger partial charge in [0.2, 0.25) is 5.91 Å². The molecule has 0 radical (unpaired) electrons. The van der Waals surface area contributed by atoms with Crippen LogP contribution in [0.1, 0.15) is 37.9 Å². The van der Waals surface area contributed by atoms with Gasteiger partial charge in [-0.15, -0.1) is 0 Å². The van der Waals surface area contributed by atoms with Gasteiger partial charge in [0.25, 0.3) is 0 Å². The van der Waals surface area contributed by atoms with Crippen LogP contribution in [0.2, 0.25) is 0 Å². The van der Waals surface area contributed by atoms with E-state index in [1.807, 2.05) is 31.2 Å². The van der Waals surface area contributed by atoms with Crippen LogP contribution in [0.5, 0.6) is 0 Å². The molecule has 1 aromatic rings. The Kier molecular flexibility index (Phi) is 5.95. The molecular formula is C18H25N3O3. The van der Waals surface area contributed by atoms with E-state index < -0.39 is 11.8 Å². The molecule has 0 aromatic heterocycles. The lowest BCUT2D eigenvalue weighted by Crippen LogP contribution is -2.53. The van der Waals surface area contributed by atoms with Gasteiger partial charge in [0.15, 0.2) is 0 Å². The number of aryl methyl sites for hydroxylation is 1. The van der Waals surface area contributed by atoms with Crippen LogP contribution in [0.4, 0.5) is 0 Å². The average molecular weight is 331 g/mol. The topological polar surface area (TPSA) is 69.7 Å². The number of rotatable bonds is 3. The molecule has 1 unspecified atom stereocenters. The van der Waals surface area contributed by atoms with E-state index in [1.54, 1.807) is 4.90 Å². The summed E-state index contributed by atoms with van der Waals surface area (Å²) in [6, 6.07) is 7.77. The monoisotopic (exact) mass is 331 g/mol. The Bertz CT molecular complexity index is 604. The maximum absolute atomic E-state index is 12.3. The minimum Gasteiger partial charge on any atom is -0.341 e. The first kappa shape index (κ1) is 18.0. The van der Waals surface area contributed by atoms with Gasteiger partial charge in [-0.05, 0) is 24.5 Å². The minimum absolute atomic E-state index is 0.00398. The zero-order valence-electron chi connectivity index (χ0n) is 14.5. The van der Waals surface area contributed by atoms with Gasteiger partial charge in [-0.1, -0.05) is 31.2 Å². The van der Waals surface area contributed by atoms with Crippen molar-refractivity contribution in [2.24, 2.45) is 0 Å². The Morgan fingerprint density at radius 3 is 2.08 bits per heavy atom. The fraction of sp³-hybridized carbons (Fsp3) is 0.500. The zero-order chi connectivity index (χ0) is 17.7. The predicted molar refractivity (Wildman–Crippen MR) is 91.2 cm³/mol. The molecule has 1 aromatic carbocycles.